The molecule has 1 aliphatic heterocycles. The van der Waals surface area contributed by atoms with Gasteiger partial charge < -0.3 is 30.9 Å². The maximum Gasteiger partial charge on any atom is 0.424 e. The second kappa shape index (κ2) is 17.6. The van der Waals surface area contributed by atoms with E-state index >= 15 is 0 Å². The molecule has 314 valence electrons. The predicted molar refractivity (Wildman–Crippen MR) is 210 cm³/mol. The molecule has 1 saturated carbocycles. The number of nitrogens with one attached hydrogen (secondary N) is 4. The van der Waals surface area contributed by atoms with E-state index in [1.165, 1.54) is 18.0 Å². The first kappa shape index (κ1) is 47.4. The van der Waals surface area contributed by atoms with Crippen LogP contribution in [-0.4, -0.2) is 121 Å². The molecule has 6 atom stereocenters. The number of hydrogen-bond acceptors (Lipinski definition) is 9. The van der Waals surface area contributed by atoms with E-state index in [0.29, 0.717) is 10.7 Å². The van der Waals surface area contributed by atoms with E-state index in [-0.39, 0.29) is 43.3 Å². The molecule has 2 aliphatic rings. The van der Waals surface area contributed by atoms with E-state index in [4.69, 9.17) is 4.74 Å². The lowest BCUT2D eigenvalue weighted by atomic mass is 9.85. The molecule has 4 N–H and O–H groups in total. The summed E-state index contributed by atoms with van der Waals surface area (Å²) in [5.74, 6) is -2.84. The molecule has 55 heavy (non-hydrogen) atoms. The van der Waals surface area contributed by atoms with Gasteiger partial charge in [0.05, 0.1) is 6.04 Å². The number of carbonyl (C=O) groups excluding carboxylic acids is 6. The standard InChI is InChI=1S/C38H67N7O9S/c1-16-18-19-24(28(46)31(48)39-20-17-2)40-30(47)27-26-23(38(26,12)13)21-45(27)32(49)29(36(6,7)8)42-33(50)41-25(35(3,4)5)22-43(14)55(52,53)44(15)34(51)54-37(9,10)11/h17,23-27,29H,2,16,18-22H2,1,3-15H3,(H,39,48)(H,40,47)(H2,41,42,50)/t23-,24?,25+,26-,27-,29+/m0/s1. The number of amides is 6. The zero-order valence-electron chi connectivity index (χ0n) is 35.4. The van der Waals surface area contributed by atoms with Crippen LogP contribution in [0.4, 0.5) is 9.59 Å². The van der Waals surface area contributed by atoms with E-state index in [0.717, 1.165) is 17.8 Å². The van der Waals surface area contributed by atoms with E-state index in [1.807, 2.05) is 41.5 Å². The van der Waals surface area contributed by atoms with E-state index in [9.17, 15) is 37.2 Å². The van der Waals surface area contributed by atoms with Crippen LogP contribution < -0.4 is 21.3 Å². The molecular weight excluding hydrogens is 731 g/mol. The van der Waals surface area contributed by atoms with Gasteiger partial charge in [0, 0.05) is 39.8 Å². The van der Waals surface area contributed by atoms with Gasteiger partial charge in [-0.05, 0) is 55.3 Å². The van der Waals surface area contributed by atoms with E-state index < -0.39 is 86.4 Å². The van der Waals surface area contributed by atoms with E-state index in [2.05, 4.69) is 27.8 Å². The fourth-order valence-corrected chi connectivity index (χ4v) is 7.80. The van der Waals surface area contributed by atoms with Crippen LogP contribution in [0.1, 0.15) is 102 Å². The molecule has 0 aromatic carbocycles. The number of hydrogen-bond donors (Lipinski definition) is 4. The molecule has 1 saturated heterocycles. The molecule has 16 nitrogen and oxygen atoms in total. The van der Waals surface area contributed by atoms with Gasteiger partial charge in [-0.1, -0.05) is 81.2 Å². The number of carbonyl (C=O) groups is 6. The van der Waals surface area contributed by atoms with Crippen LogP contribution in [0.25, 0.3) is 0 Å². The van der Waals surface area contributed by atoms with Gasteiger partial charge in [-0.3, -0.25) is 19.2 Å². The number of ether oxygens (including phenoxy) is 1. The van der Waals surface area contributed by atoms with Crippen LogP contribution >= 0.6 is 0 Å². The average molecular weight is 798 g/mol. The Labute approximate surface area is 328 Å². The lowest BCUT2D eigenvalue weighted by Crippen LogP contribution is -2.63. The number of ketones is 1. The van der Waals surface area contributed by atoms with Crippen molar-refractivity contribution in [1.82, 2.24) is 34.8 Å². The zero-order chi connectivity index (χ0) is 42.6. The normalized spacial score (nSPS) is 21.0. The van der Waals surface area contributed by atoms with Gasteiger partial charge in [0.2, 0.25) is 17.6 Å². The Morgan fingerprint density at radius 2 is 1.53 bits per heavy atom. The number of urea groups is 1. The topological polar surface area (TPSA) is 204 Å². The maximum atomic E-state index is 14.5. The van der Waals surface area contributed by atoms with Crippen molar-refractivity contribution in [3.63, 3.8) is 0 Å². The first-order chi connectivity index (χ1) is 24.9. The maximum absolute atomic E-state index is 14.5. The Hall–Kier alpha value is -3.73. The summed E-state index contributed by atoms with van der Waals surface area (Å²) in [4.78, 5) is 82.1. The molecule has 1 aliphatic carbocycles. The Morgan fingerprint density at radius 3 is 2.02 bits per heavy atom. The van der Waals surface area contributed by atoms with Gasteiger partial charge in [0.15, 0.2) is 0 Å². The summed E-state index contributed by atoms with van der Waals surface area (Å²) in [6.45, 7) is 25.3. The Kier molecular flexibility index (Phi) is 15.2. The van der Waals surface area contributed by atoms with Crippen molar-refractivity contribution in [2.75, 3.05) is 33.7 Å². The highest BCUT2D eigenvalue weighted by atomic mass is 32.2. The van der Waals surface area contributed by atoms with E-state index in [1.54, 1.807) is 41.5 Å². The molecule has 0 aromatic heterocycles. The molecule has 6 amide bonds. The fourth-order valence-electron chi connectivity index (χ4n) is 6.82. The second-order valence-corrected chi connectivity index (χ2v) is 20.6. The summed E-state index contributed by atoms with van der Waals surface area (Å²) in [7, 11) is -1.97. The minimum Gasteiger partial charge on any atom is -0.443 e. The van der Waals surface area contributed by atoms with Gasteiger partial charge >= 0.3 is 22.3 Å². The summed E-state index contributed by atoms with van der Waals surface area (Å²) >= 11 is 0. The Morgan fingerprint density at radius 1 is 0.945 bits per heavy atom. The first-order valence-corrected chi connectivity index (χ1v) is 20.4. The van der Waals surface area contributed by atoms with Gasteiger partial charge in [0.25, 0.3) is 5.91 Å². The van der Waals surface area contributed by atoms with Crippen LogP contribution in [0.2, 0.25) is 0 Å². The smallest absolute Gasteiger partial charge is 0.424 e. The highest BCUT2D eigenvalue weighted by Gasteiger charge is 2.70. The first-order valence-electron chi connectivity index (χ1n) is 19.0. The number of unbranched alkanes of at least 4 members (excludes halogenated alkanes) is 1. The van der Waals surface area contributed by atoms with Crippen LogP contribution in [0.15, 0.2) is 12.7 Å². The molecule has 17 heteroatoms. The van der Waals surface area contributed by atoms with Crippen molar-refractivity contribution in [3.05, 3.63) is 12.7 Å². The van der Waals surface area contributed by atoms with Crippen molar-refractivity contribution in [2.24, 2.45) is 28.1 Å². The van der Waals surface area contributed by atoms with Gasteiger partial charge in [-0.2, -0.15) is 17.0 Å². The van der Waals surface area contributed by atoms with Crippen LogP contribution in [0, 0.1) is 28.1 Å². The van der Waals surface area contributed by atoms with Crippen molar-refractivity contribution in [3.8, 4) is 0 Å². The van der Waals surface area contributed by atoms with Crippen LogP contribution in [0.5, 0.6) is 0 Å². The summed E-state index contributed by atoms with van der Waals surface area (Å²) in [5.41, 5.74) is -2.71. The van der Waals surface area contributed by atoms with Crippen molar-refractivity contribution < 1.29 is 41.9 Å². The summed E-state index contributed by atoms with van der Waals surface area (Å²) < 4.78 is 33.4. The number of likely N-dealkylation sites (tertiary alicyclic amines) is 1. The summed E-state index contributed by atoms with van der Waals surface area (Å²) in [5, 5.41) is 10.9. The monoisotopic (exact) mass is 797 g/mol. The lowest BCUT2D eigenvalue weighted by Gasteiger charge is -2.39. The molecule has 1 heterocycles. The molecule has 0 aromatic rings. The Balaban J connectivity index is 2.34. The van der Waals surface area contributed by atoms with Crippen LogP contribution in [-0.2, 0) is 34.1 Å². The third-order valence-corrected chi connectivity index (χ3v) is 12.2. The Bertz CT molecular complexity index is 1580. The molecule has 2 fully saturated rings. The highest BCUT2D eigenvalue weighted by Crippen LogP contribution is 2.65. The quantitative estimate of drug-likeness (QED) is 0.134. The number of rotatable bonds is 16. The third-order valence-electron chi connectivity index (χ3n) is 10.4. The molecule has 0 bridgehead atoms. The van der Waals surface area contributed by atoms with Gasteiger partial charge in [0.1, 0.15) is 17.7 Å². The highest BCUT2D eigenvalue weighted by molar-refractivity contribution is 7.87. The second-order valence-electron chi connectivity index (χ2n) is 18.5. The van der Waals surface area contributed by atoms with Crippen LogP contribution in [0.3, 0.4) is 0 Å². The number of piperidine rings is 1. The summed E-state index contributed by atoms with van der Waals surface area (Å²) in [6.07, 6.45) is 1.94. The molecule has 2 rings (SSSR count). The number of Topliss-reactive ketones (excluding diaryl/α,β-unsaturated/α-hetero) is 1. The van der Waals surface area contributed by atoms with Crippen molar-refractivity contribution in [2.45, 2.75) is 132 Å². The minimum atomic E-state index is -4.35. The van der Waals surface area contributed by atoms with Crippen molar-refractivity contribution >= 4 is 45.8 Å². The number of likely N-dealkylation sites (N-methyl/N-ethyl adjacent to an activating group) is 1. The molecule has 0 spiro atoms. The largest absolute Gasteiger partial charge is 0.443 e. The van der Waals surface area contributed by atoms with Gasteiger partial charge in [-0.15, -0.1) is 6.58 Å². The molecule has 0 radical (unpaired) electrons. The number of fused-ring (bicyclic) bond motifs is 1. The SMILES string of the molecule is C=CCNC(=O)C(=O)C(CCCC)NC(=O)[C@@H]1[C@@H]2[C@H](CN1C(=O)[C@@H](NC(=O)N[C@H](CN(C)S(=O)(=O)N(C)C(=O)OC(C)(C)C)C(C)(C)C)C(C)(C)C)C2(C)C. The molecular formula is C38H67N7O9S. The lowest BCUT2D eigenvalue weighted by molar-refractivity contribution is -0.145. The third kappa shape index (κ3) is 11.9. The molecule has 1 unspecified atom stereocenters. The average Bonchev–Trinajstić information content (AvgIpc) is 3.35. The fraction of sp³-hybridized carbons (Fsp3) is 0.789. The minimum absolute atomic E-state index is 0.00361. The number of nitrogens with zero attached hydrogens (tertiary/aromatic N) is 3. The van der Waals surface area contributed by atoms with Gasteiger partial charge in [-0.25, -0.2) is 9.59 Å². The van der Waals surface area contributed by atoms with Crippen molar-refractivity contribution in [1.29, 1.82) is 0 Å². The summed E-state index contributed by atoms with van der Waals surface area (Å²) in [6, 6.07) is -4.68. The predicted octanol–water partition coefficient (Wildman–Crippen LogP) is 3.19. The zero-order valence-corrected chi connectivity index (χ0v) is 36.2.